The molecule has 0 saturated carbocycles. The van der Waals surface area contributed by atoms with Gasteiger partial charge in [-0.3, -0.25) is 9.59 Å². The number of nitrogens with one attached hydrogen (secondary N) is 1. The summed E-state index contributed by atoms with van der Waals surface area (Å²) in [4.78, 5) is 26.9. The van der Waals surface area contributed by atoms with Crippen LogP contribution in [0.25, 0.3) is 0 Å². The molecule has 30 heavy (non-hydrogen) atoms. The Hall–Kier alpha value is -3.80. The number of hydrogen-bond acceptors (Lipinski definition) is 4. The van der Waals surface area contributed by atoms with Crippen molar-refractivity contribution in [2.45, 2.75) is 13.1 Å². The standard InChI is InChI=1S/C24H22N2O4/c1-29-20-10-7-17(8-11-20)14-25-24(28)19-9-12-22-21(13-19)26(23(27)16-30-22)15-18-5-3-2-4-6-18/h2-13H,14-16H2,1H3,(H,25,28). The number of ether oxygens (including phenoxy) is 2. The fourth-order valence-electron chi connectivity index (χ4n) is 3.31. The van der Waals surface area contributed by atoms with Gasteiger partial charge in [0.05, 0.1) is 19.3 Å². The fourth-order valence-corrected chi connectivity index (χ4v) is 3.31. The van der Waals surface area contributed by atoms with E-state index in [1.54, 1.807) is 30.2 Å². The number of anilines is 1. The van der Waals surface area contributed by atoms with Gasteiger partial charge in [0.1, 0.15) is 11.5 Å². The Morgan fingerprint density at radius 1 is 1.03 bits per heavy atom. The van der Waals surface area contributed by atoms with Crippen molar-refractivity contribution in [3.05, 3.63) is 89.5 Å². The molecule has 4 rings (SSSR count). The summed E-state index contributed by atoms with van der Waals surface area (Å²) >= 11 is 0. The van der Waals surface area contributed by atoms with E-state index in [0.29, 0.717) is 30.1 Å². The molecule has 0 fully saturated rings. The Balaban J connectivity index is 1.51. The van der Waals surface area contributed by atoms with E-state index in [-0.39, 0.29) is 18.4 Å². The molecule has 1 aliphatic rings. The molecule has 0 atom stereocenters. The Labute approximate surface area is 175 Å². The summed E-state index contributed by atoms with van der Waals surface area (Å²) in [6.45, 7) is 0.804. The summed E-state index contributed by atoms with van der Waals surface area (Å²) in [7, 11) is 1.61. The molecule has 3 aromatic carbocycles. The highest BCUT2D eigenvalue weighted by Crippen LogP contribution is 2.34. The predicted molar refractivity (Wildman–Crippen MR) is 114 cm³/mol. The van der Waals surface area contributed by atoms with Gasteiger partial charge in [-0.2, -0.15) is 0 Å². The molecule has 3 aromatic rings. The van der Waals surface area contributed by atoms with Gasteiger partial charge in [-0.15, -0.1) is 0 Å². The molecule has 152 valence electrons. The van der Waals surface area contributed by atoms with Gasteiger partial charge < -0.3 is 19.7 Å². The molecule has 0 bridgehead atoms. The predicted octanol–water partition coefficient (Wildman–Crippen LogP) is 3.55. The van der Waals surface area contributed by atoms with E-state index in [1.807, 2.05) is 54.6 Å². The van der Waals surface area contributed by atoms with E-state index in [1.165, 1.54) is 0 Å². The highest BCUT2D eigenvalue weighted by Gasteiger charge is 2.26. The molecule has 0 aromatic heterocycles. The van der Waals surface area contributed by atoms with E-state index in [4.69, 9.17) is 9.47 Å². The quantitative estimate of drug-likeness (QED) is 0.685. The Morgan fingerprint density at radius 3 is 2.53 bits per heavy atom. The van der Waals surface area contributed by atoms with Gasteiger partial charge in [-0.05, 0) is 41.5 Å². The first-order valence-electron chi connectivity index (χ1n) is 9.66. The van der Waals surface area contributed by atoms with Crippen LogP contribution in [0.4, 0.5) is 5.69 Å². The summed E-state index contributed by atoms with van der Waals surface area (Å²) in [5.41, 5.74) is 3.05. The second kappa shape index (κ2) is 8.69. The van der Waals surface area contributed by atoms with Crippen LogP contribution in [-0.4, -0.2) is 25.5 Å². The van der Waals surface area contributed by atoms with Crippen molar-refractivity contribution in [3.63, 3.8) is 0 Å². The third kappa shape index (κ3) is 4.27. The normalized spacial score (nSPS) is 12.7. The Morgan fingerprint density at radius 2 is 1.80 bits per heavy atom. The molecular weight excluding hydrogens is 380 g/mol. The van der Waals surface area contributed by atoms with Crippen LogP contribution in [0.15, 0.2) is 72.8 Å². The number of nitrogens with zero attached hydrogens (tertiary/aromatic N) is 1. The average molecular weight is 402 g/mol. The summed E-state index contributed by atoms with van der Waals surface area (Å²) in [6, 6.07) is 22.4. The van der Waals surface area contributed by atoms with Crippen LogP contribution in [0.1, 0.15) is 21.5 Å². The van der Waals surface area contributed by atoms with Crippen molar-refractivity contribution in [1.82, 2.24) is 5.32 Å². The second-order valence-electron chi connectivity index (χ2n) is 6.97. The first kappa shape index (κ1) is 19.5. The lowest BCUT2D eigenvalue weighted by Gasteiger charge is -2.29. The van der Waals surface area contributed by atoms with Gasteiger partial charge in [0, 0.05) is 12.1 Å². The number of carbonyl (C=O) groups is 2. The van der Waals surface area contributed by atoms with Crippen molar-refractivity contribution < 1.29 is 19.1 Å². The monoisotopic (exact) mass is 402 g/mol. The summed E-state index contributed by atoms with van der Waals surface area (Å²) in [6.07, 6.45) is 0. The van der Waals surface area contributed by atoms with Crippen LogP contribution in [0, 0.1) is 0 Å². The van der Waals surface area contributed by atoms with Crippen LogP contribution < -0.4 is 19.7 Å². The highest BCUT2D eigenvalue weighted by molar-refractivity contribution is 6.01. The first-order chi connectivity index (χ1) is 14.6. The number of hydrogen-bond donors (Lipinski definition) is 1. The number of methoxy groups -OCH3 is 1. The van der Waals surface area contributed by atoms with E-state index in [2.05, 4.69) is 5.32 Å². The molecule has 6 nitrogen and oxygen atoms in total. The lowest BCUT2D eigenvalue weighted by atomic mass is 10.1. The molecule has 0 unspecified atom stereocenters. The van der Waals surface area contributed by atoms with Crippen LogP contribution in [0.5, 0.6) is 11.5 Å². The van der Waals surface area contributed by atoms with Gasteiger partial charge in [0.2, 0.25) is 0 Å². The summed E-state index contributed by atoms with van der Waals surface area (Å²) in [5, 5.41) is 2.91. The lowest BCUT2D eigenvalue weighted by Crippen LogP contribution is -2.38. The molecule has 0 radical (unpaired) electrons. The van der Waals surface area contributed by atoms with Gasteiger partial charge in [0.15, 0.2) is 6.61 Å². The Bertz CT molecular complexity index is 1050. The maximum absolute atomic E-state index is 12.7. The van der Waals surface area contributed by atoms with Crippen molar-refractivity contribution in [3.8, 4) is 11.5 Å². The van der Waals surface area contributed by atoms with Gasteiger partial charge >= 0.3 is 0 Å². The molecule has 2 amide bonds. The SMILES string of the molecule is COc1ccc(CNC(=O)c2ccc3c(c2)N(Cc2ccccc2)C(=O)CO3)cc1. The van der Waals surface area contributed by atoms with Crippen LogP contribution in [-0.2, 0) is 17.9 Å². The maximum Gasteiger partial charge on any atom is 0.265 e. The van der Waals surface area contributed by atoms with E-state index < -0.39 is 0 Å². The van der Waals surface area contributed by atoms with Crippen LogP contribution in [0.3, 0.4) is 0 Å². The molecule has 0 spiro atoms. The minimum atomic E-state index is -0.216. The van der Waals surface area contributed by atoms with Crippen LogP contribution in [0.2, 0.25) is 0 Å². The number of carbonyl (C=O) groups excluding carboxylic acids is 2. The third-order valence-electron chi connectivity index (χ3n) is 4.96. The molecule has 1 aliphatic heterocycles. The van der Waals surface area contributed by atoms with Gasteiger partial charge in [0.25, 0.3) is 11.8 Å². The number of benzene rings is 3. The number of fused-ring (bicyclic) bond motifs is 1. The zero-order valence-corrected chi connectivity index (χ0v) is 16.6. The van der Waals surface area contributed by atoms with E-state index in [9.17, 15) is 9.59 Å². The van der Waals surface area contributed by atoms with Crippen molar-refractivity contribution in [2.24, 2.45) is 0 Å². The molecule has 1 heterocycles. The Kier molecular flexibility index (Phi) is 5.66. The molecule has 0 saturated heterocycles. The van der Waals surface area contributed by atoms with Gasteiger partial charge in [-0.1, -0.05) is 42.5 Å². The fraction of sp³-hybridized carbons (Fsp3) is 0.167. The van der Waals surface area contributed by atoms with E-state index >= 15 is 0 Å². The topological polar surface area (TPSA) is 67.9 Å². The summed E-state index contributed by atoms with van der Waals surface area (Å²) in [5.74, 6) is 1.01. The number of rotatable bonds is 6. The van der Waals surface area contributed by atoms with Crippen LogP contribution >= 0.6 is 0 Å². The maximum atomic E-state index is 12.7. The average Bonchev–Trinajstić information content (AvgIpc) is 2.80. The van der Waals surface area contributed by atoms with Crippen molar-refractivity contribution >= 4 is 17.5 Å². The van der Waals surface area contributed by atoms with E-state index in [0.717, 1.165) is 16.9 Å². The number of amides is 2. The van der Waals surface area contributed by atoms with Gasteiger partial charge in [-0.25, -0.2) is 0 Å². The largest absolute Gasteiger partial charge is 0.497 e. The summed E-state index contributed by atoms with van der Waals surface area (Å²) < 4.78 is 10.7. The molecule has 1 N–H and O–H groups in total. The smallest absolute Gasteiger partial charge is 0.265 e. The third-order valence-corrected chi connectivity index (χ3v) is 4.96. The molecular formula is C24H22N2O4. The molecule has 6 heteroatoms. The zero-order valence-electron chi connectivity index (χ0n) is 16.6. The molecule has 0 aliphatic carbocycles. The zero-order chi connectivity index (χ0) is 20.9. The van der Waals surface area contributed by atoms with Crippen molar-refractivity contribution in [2.75, 3.05) is 18.6 Å². The van der Waals surface area contributed by atoms with Crippen molar-refractivity contribution in [1.29, 1.82) is 0 Å². The minimum absolute atomic E-state index is 0.0111. The lowest BCUT2D eigenvalue weighted by molar-refractivity contribution is -0.121. The first-order valence-corrected chi connectivity index (χ1v) is 9.66. The second-order valence-corrected chi connectivity index (χ2v) is 6.97. The minimum Gasteiger partial charge on any atom is -0.497 e. The highest BCUT2D eigenvalue weighted by atomic mass is 16.5.